The van der Waals surface area contributed by atoms with Gasteiger partial charge in [0.15, 0.2) is 0 Å². The van der Waals surface area contributed by atoms with Gasteiger partial charge in [0.05, 0.1) is 5.69 Å². The first-order valence-electron chi connectivity index (χ1n) is 4.98. The number of nitrogens with zero attached hydrogens (tertiary/aromatic N) is 1. The zero-order valence-electron chi connectivity index (χ0n) is 9.76. The summed E-state index contributed by atoms with van der Waals surface area (Å²) >= 11 is 0. The van der Waals surface area contributed by atoms with Crippen LogP contribution in [-0.2, 0) is 11.0 Å². The fourth-order valence-electron chi connectivity index (χ4n) is 1.52. The first-order valence-corrected chi connectivity index (χ1v) is 4.98. The van der Waals surface area contributed by atoms with Gasteiger partial charge in [-0.05, 0) is 25.5 Å². The summed E-state index contributed by atoms with van der Waals surface area (Å²) in [6.07, 6.45) is 1.83. The Morgan fingerprint density at radius 3 is 2.07 bits per heavy atom. The van der Waals surface area contributed by atoms with Crippen LogP contribution in [0.2, 0.25) is 0 Å². The highest BCUT2D eigenvalue weighted by Gasteiger charge is 2.25. The lowest BCUT2D eigenvalue weighted by atomic mass is 9.82. The van der Waals surface area contributed by atoms with Gasteiger partial charge >= 0.3 is 0 Å². The number of aromatic nitrogens is 1. The first kappa shape index (κ1) is 11.2. The van der Waals surface area contributed by atoms with Crippen molar-refractivity contribution in [1.82, 2.24) is 4.98 Å². The summed E-state index contributed by atoms with van der Waals surface area (Å²) in [4.78, 5) is 4.44. The third kappa shape index (κ3) is 2.32. The maximum absolute atomic E-state index is 6.11. The lowest BCUT2D eigenvalue weighted by Crippen LogP contribution is -2.33. The molecule has 2 heteroatoms. The fraction of sp³-hybridized carbons (Fsp3) is 0.583. The van der Waals surface area contributed by atoms with Crippen molar-refractivity contribution in [2.24, 2.45) is 5.73 Å². The van der Waals surface area contributed by atoms with Gasteiger partial charge in [0.2, 0.25) is 0 Å². The van der Waals surface area contributed by atoms with Crippen molar-refractivity contribution in [2.75, 3.05) is 0 Å². The van der Waals surface area contributed by atoms with Crippen LogP contribution in [0.3, 0.4) is 0 Å². The third-order valence-electron chi connectivity index (χ3n) is 2.21. The highest BCUT2D eigenvalue weighted by atomic mass is 14.8. The minimum absolute atomic E-state index is 0.0488. The average molecular weight is 192 g/mol. The van der Waals surface area contributed by atoms with E-state index in [0.29, 0.717) is 0 Å². The summed E-state index contributed by atoms with van der Waals surface area (Å²) in [5.41, 5.74) is 8.06. The number of hydrogen-bond donors (Lipinski definition) is 1. The van der Waals surface area contributed by atoms with E-state index in [-0.39, 0.29) is 11.0 Å². The summed E-state index contributed by atoms with van der Waals surface area (Å²) in [6.45, 7) is 10.5. The van der Waals surface area contributed by atoms with Gasteiger partial charge < -0.3 is 5.73 Å². The standard InChI is InChI=1S/C12H20N2/c1-11(2,3)10-9(12(4,5)13)7-6-8-14-10/h6-8H,13H2,1-5H3. The number of rotatable bonds is 1. The van der Waals surface area contributed by atoms with Crippen molar-refractivity contribution in [3.05, 3.63) is 29.6 Å². The molecule has 1 rings (SSSR count). The van der Waals surface area contributed by atoms with E-state index in [1.807, 2.05) is 26.1 Å². The van der Waals surface area contributed by atoms with E-state index in [9.17, 15) is 0 Å². The van der Waals surface area contributed by atoms with E-state index in [2.05, 4.69) is 31.8 Å². The molecule has 2 nitrogen and oxygen atoms in total. The molecule has 14 heavy (non-hydrogen) atoms. The Kier molecular flexibility index (Phi) is 2.68. The maximum Gasteiger partial charge on any atom is 0.0507 e. The molecule has 0 aromatic carbocycles. The van der Waals surface area contributed by atoms with Crippen LogP contribution >= 0.6 is 0 Å². The maximum atomic E-state index is 6.11. The molecule has 1 aromatic heterocycles. The predicted octanol–water partition coefficient (Wildman–Crippen LogP) is 2.57. The van der Waals surface area contributed by atoms with E-state index in [0.717, 1.165) is 11.3 Å². The quantitative estimate of drug-likeness (QED) is 0.742. The Morgan fingerprint density at radius 2 is 1.71 bits per heavy atom. The molecule has 0 saturated carbocycles. The molecule has 0 aliphatic rings. The summed E-state index contributed by atoms with van der Waals surface area (Å²) < 4.78 is 0. The molecule has 0 fully saturated rings. The molecule has 0 atom stereocenters. The van der Waals surface area contributed by atoms with Crippen molar-refractivity contribution in [1.29, 1.82) is 0 Å². The van der Waals surface area contributed by atoms with Crippen molar-refractivity contribution in [3.63, 3.8) is 0 Å². The minimum Gasteiger partial charge on any atom is -0.322 e. The van der Waals surface area contributed by atoms with Crippen molar-refractivity contribution in [3.8, 4) is 0 Å². The Bertz CT molecular complexity index is 283. The first-order chi connectivity index (χ1) is 6.23. The summed E-state index contributed by atoms with van der Waals surface area (Å²) in [7, 11) is 0. The summed E-state index contributed by atoms with van der Waals surface area (Å²) in [5.74, 6) is 0. The molecule has 0 bridgehead atoms. The van der Waals surface area contributed by atoms with Crippen LogP contribution in [0.15, 0.2) is 18.3 Å². The van der Waals surface area contributed by atoms with Gasteiger partial charge in [-0.2, -0.15) is 0 Å². The number of hydrogen-bond acceptors (Lipinski definition) is 2. The minimum atomic E-state index is -0.323. The zero-order chi connectivity index (χ0) is 11.0. The molecule has 78 valence electrons. The van der Waals surface area contributed by atoms with Gasteiger partial charge in [-0.15, -0.1) is 0 Å². The molecule has 0 aliphatic heterocycles. The van der Waals surface area contributed by atoms with Crippen LogP contribution in [0.1, 0.15) is 45.9 Å². The third-order valence-corrected chi connectivity index (χ3v) is 2.21. The predicted molar refractivity (Wildman–Crippen MR) is 60.2 cm³/mol. The van der Waals surface area contributed by atoms with Crippen LogP contribution in [0.25, 0.3) is 0 Å². The second-order valence-electron chi connectivity index (χ2n) is 5.37. The number of nitrogens with two attached hydrogens (primary N) is 1. The van der Waals surface area contributed by atoms with E-state index in [1.54, 1.807) is 0 Å². The van der Waals surface area contributed by atoms with Crippen LogP contribution < -0.4 is 5.73 Å². The topological polar surface area (TPSA) is 38.9 Å². The van der Waals surface area contributed by atoms with Crippen molar-refractivity contribution < 1.29 is 0 Å². The van der Waals surface area contributed by atoms with E-state index >= 15 is 0 Å². The van der Waals surface area contributed by atoms with Crippen molar-refractivity contribution in [2.45, 2.75) is 45.6 Å². The summed E-state index contributed by atoms with van der Waals surface area (Å²) in [6, 6.07) is 4.01. The van der Waals surface area contributed by atoms with Gasteiger partial charge in [-0.1, -0.05) is 26.8 Å². The second-order valence-corrected chi connectivity index (χ2v) is 5.37. The van der Waals surface area contributed by atoms with Crippen LogP contribution in [0, 0.1) is 0 Å². The largest absolute Gasteiger partial charge is 0.322 e. The SMILES string of the molecule is CC(C)(C)c1ncccc1C(C)(C)N. The van der Waals surface area contributed by atoms with Gasteiger partial charge in [0.1, 0.15) is 0 Å². The van der Waals surface area contributed by atoms with Gasteiger partial charge in [0.25, 0.3) is 0 Å². The van der Waals surface area contributed by atoms with Crippen LogP contribution in [-0.4, -0.2) is 4.98 Å². The van der Waals surface area contributed by atoms with E-state index in [4.69, 9.17) is 5.73 Å². The van der Waals surface area contributed by atoms with Gasteiger partial charge in [0, 0.05) is 17.2 Å². The van der Waals surface area contributed by atoms with Gasteiger partial charge in [-0.25, -0.2) is 0 Å². The molecule has 0 saturated heterocycles. The number of pyridine rings is 1. The fourth-order valence-corrected chi connectivity index (χ4v) is 1.52. The summed E-state index contributed by atoms with van der Waals surface area (Å²) in [5, 5.41) is 0. The monoisotopic (exact) mass is 192 g/mol. The molecule has 1 heterocycles. The molecule has 0 amide bonds. The highest BCUT2D eigenvalue weighted by molar-refractivity contribution is 5.31. The molecule has 1 aromatic rings. The Labute approximate surface area is 86.5 Å². The lowest BCUT2D eigenvalue weighted by molar-refractivity contribution is 0.498. The average Bonchev–Trinajstić information content (AvgIpc) is 2.01. The van der Waals surface area contributed by atoms with Crippen molar-refractivity contribution >= 4 is 0 Å². The van der Waals surface area contributed by atoms with Crippen LogP contribution in [0.4, 0.5) is 0 Å². The normalized spacial score (nSPS) is 13.0. The zero-order valence-corrected chi connectivity index (χ0v) is 9.76. The second kappa shape index (κ2) is 3.35. The molecule has 0 aliphatic carbocycles. The lowest BCUT2D eigenvalue weighted by Gasteiger charge is -2.28. The van der Waals surface area contributed by atoms with E-state index in [1.165, 1.54) is 0 Å². The molecule has 0 spiro atoms. The molecular weight excluding hydrogens is 172 g/mol. The van der Waals surface area contributed by atoms with Crippen LogP contribution in [0.5, 0.6) is 0 Å². The molecule has 0 radical (unpaired) electrons. The Hall–Kier alpha value is -0.890. The smallest absolute Gasteiger partial charge is 0.0507 e. The Balaban J connectivity index is 3.31. The van der Waals surface area contributed by atoms with Gasteiger partial charge in [-0.3, -0.25) is 4.98 Å². The highest BCUT2D eigenvalue weighted by Crippen LogP contribution is 2.29. The molecule has 2 N–H and O–H groups in total. The van der Waals surface area contributed by atoms with E-state index < -0.39 is 0 Å². The molecular formula is C12H20N2. The Morgan fingerprint density at radius 1 is 1.14 bits per heavy atom. The molecule has 0 unspecified atom stereocenters.